The molecule has 0 aliphatic heterocycles. The number of hydrogen-bond acceptors (Lipinski definition) is 2. The SMILES string of the molecule is CC1CCCC(c2nc(C(C)C)n(C(C)C)c2N)C1. The average molecular weight is 263 g/mol. The number of hydrogen-bond donors (Lipinski definition) is 1. The van der Waals surface area contributed by atoms with Gasteiger partial charge in [0.15, 0.2) is 0 Å². The van der Waals surface area contributed by atoms with Crippen LogP contribution in [0, 0.1) is 5.92 Å². The summed E-state index contributed by atoms with van der Waals surface area (Å²) in [5.41, 5.74) is 7.59. The van der Waals surface area contributed by atoms with Crippen molar-refractivity contribution in [2.45, 2.75) is 78.2 Å². The molecule has 0 saturated heterocycles. The molecule has 1 aliphatic carbocycles. The fourth-order valence-electron chi connectivity index (χ4n) is 3.41. The molecule has 0 amide bonds. The molecule has 2 rings (SSSR count). The van der Waals surface area contributed by atoms with Crippen LogP contribution in [0.1, 0.15) is 89.7 Å². The summed E-state index contributed by atoms with van der Waals surface area (Å²) in [5.74, 6) is 3.88. The molecule has 0 aromatic carbocycles. The highest BCUT2D eigenvalue weighted by Gasteiger charge is 2.28. The minimum Gasteiger partial charge on any atom is -0.384 e. The molecule has 2 N–H and O–H groups in total. The van der Waals surface area contributed by atoms with Crippen molar-refractivity contribution >= 4 is 5.82 Å². The first-order chi connectivity index (χ1) is 8.91. The van der Waals surface area contributed by atoms with Crippen LogP contribution in [0.4, 0.5) is 5.82 Å². The van der Waals surface area contributed by atoms with Gasteiger partial charge >= 0.3 is 0 Å². The number of nitrogens with two attached hydrogens (primary N) is 1. The van der Waals surface area contributed by atoms with E-state index in [0.29, 0.717) is 17.9 Å². The second-order valence-corrected chi connectivity index (χ2v) is 6.83. The number of nitrogen functional groups attached to an aromatic ring is 1. The molecule has 1 aromatic heterocycles. The van der Waals surface area contributed by atoms with Gasteiger partial charge in [0.2, 0.25) is 0 Å². The first kappa shape index (κ1) is 14.4. The zero-order valence-corrected chi connectivity index (χ0v) is 13.1. The largest absolute Gasteiger partial charge is 0.384 e. The van der Waals surface area contributed by atoms with Gasteiger partial charge in [0.05, 0.1) is 5.69 Å². The second-order valence-electron chi connectivity index (χ2n) is 6.83. The van der Waals surface area contributed by atoms with Gasteiger partial charge in [-0.05, 0) is 32.6 Å². The maximum Gasteiger partial charge on any atom is 0.127 e. The van der Waals surface area contributed by atoms with Gasteiger partial charge in [0.25, 0.3) is 0 Å². The highest BCUT2D eigenvalue weighted by Crippen LogP contribution is 2.39. The molecule has 1 saturated carbocycles. The third kappa shape index (κ3) is 2.80. The molecule has 2 atom stereocenters. The third-order valence-corrected chi connectivity index (χ3v) is 4.36. The predicted molar refractivity (Wildman–Crippen MR) is 81.5 cm³/mol. The molecule has 1 aromatic rings. The topological polar surface area (TPSA) is 43.8 Å². The summed E-state index contributed by atoms with van der Waals surface area (Å²) < 4.78 is 2.24. The fourth-order valence-corrected chi connectivity index (χ4v) is 3.41. The Bertz CT molecular complexity index is 431. The lowest BCUT2D eigenvalue weighted by molar-refractivity contribution is 0.341. The van der Waals surface area contributed by atoms with Crippen LogP contribution in [-0.2, 0) is 0 Å². The van der Waals surface area contributed by atoms with Gasteiger partial charge in [-0.25, -0.2) is 4.98 Å². The molecule has 1 aliphatic rings. The van der Waals surface area contributed by atoms with Crippen LogP contribution < -0.4 is 5.73 Å². The molecule has 0 bridgehead atoms. The Morgan fingerprint density at radius 3 is 2.37 bits per heavy atom. The van der Waals surface area contributed by atoms with Crippen molar-refractivity contribution in [1.29, 1.82) is 0 Å². The summed E-state index contributed by atoms with van der Waals surface area (Å²) in [6, 6.07) is 0.389. The maximum absolute atomic E-state index is 6.42. The standard InChI is InChI=1S/C16H29N3/c1-10(2)16-18-14(15(17)19(16)11(3)4)13-8-6-7-12(5)9-13/h10-13H,6-9,17H2,1-5H3. The highest BCUT2D eigenvalue weighted by molar-refractivity contribution is 5.42. The van der Waals surface area contributed by atoms with Gasteiger partial charge in [-0.3, -0.25) is 0 Å². The quantitative estimate of drug-likeness (QED) is 0.874. The summed E-state index contributed by atoms with van der Waals surface area (Å²) in [6.45, 7) is 11.1. The Morgan fingerprint density at radius 2 is 1.89 bits per heavy atom. The molecule has 0 radical (unpaired) electrons. The van der Waals surface area contributed by atoms with Gasteiger partial charge in [-0.2, -0.15) is 0 Å². The molecule has 3 heteroatoms. The first-order valence-electron chi connectivity index (χ1n) is 7.79. The summed E-state index contributed by atoms with van der Waals surface area (Å²) in [5, 5.41) is 0. The van der Waals surface area contributed by atoms with E-state index in [2.05, 4.69) is 39.2 Å². The van der Waals surface area contributed by atoms with Gasteiger partial charge in [0, 0.05) is 17.9 Å². The van der Waals surface area contributed by atoms with E-state index in [1.807, 2.05) is 0 Å². The lowest BCUT2D eigenvalue weighted by Crippen LogP contribution is -2.14. The minimum absolute atomic E-state index is 0.389. The molecular weight excluding hydrogens is 234 g/mol. The van der Waals surface area contributed by atoms with Gasteiger partial charge < -0.3 is 10.3 Å². The minimum atomic E-state index is 0.389. The van der Waals surface area contributed by atoms with Crippen molar-refractivity contribution in [2.75, 3.05) is 5.73 Å². The zero-order chi connectivity index (χ0) is 14.2. The van der Waals surface area contributed by atoms with Crippen molar-refractivity contribution < 1.29 is 0 Å². The van der Waals surface area contributed by atoms with E-state index < -0.39 is 0 Å². The summed E-state index contributed by atoms with van der Waals surface area (Å²) >= 11 is 0. The Morgan fingerprint density at radius 1 is 1.21 bits per heavy atom. The van der Waals surface area contributed by atoms with E-state index in [0.717, 1.165) is 17.6 Å². The average Bonchev–Trinajstić information content (AvgIpc) is 2.67. The normalized spacial score (nSPS) is 24.4. The Labute approximate surface area is 117 Å². The van der Waals surface area contributed by atoms with E-state index in [9.17, 15) is 0 Å². The van der Waals surface area contributed by atoms with Crippen molar-refractivity contribution in [2.24, 2.45) is 5.92 Å². The van der Waals surface area contributed by atoms with E-state index in [4.69, 9.17) is 10.7 Å². The van der Waals surface area contributed by atoms with Crippen molar-refractivity contribution in [3.05, 3.63) is 11.5 Å². The molecule has 108 valence electrons. The number of imidazole rings is 1. The lowest BCUT2D eigenvalue weighted by atomic mass is 9.81. The molecule has 19 heavy (non-hydrogen) atoms. The predicted octanol–water partition coefficient (Wildman–Crippen LogP) is 4.46. The van der Waals surface area contributed by atoms with E-state index in [1.54, 1.807) is 0 Å². The van der Waals surface area contributed by atoms with Gasteiger partial charge in [-0.15, -0.1) is 0 Å². The van der Waals surface area contributed by atoms with E-state index in [-0.39, 0.29) is 0 Å². The zero-order valence-electron chi connectivity index (χ0n) is 13.1. The number of aromatic nitrogens is 2. The van der Waals surface area contributed by atoms with Crippen LogP contribution in [0.5, 0.6) is 0 Å². The number of rotatable bonds is 3. The number of nitrogens with zero attached hydrogens (tertiary/aromatic N) is 2. The third-order valence-electron chi connectivity index (χ3n) is 4.36. The smallest absolute Gasteiger partial charge is 0.127 e. The van der Waals surface area contributed by atoms with Gasteiger partial charge in [0.1, 0.15) is 11.6 Å². The monoisotopic (exact) mass is 263 g/mol. The summed E-state index contributed by atoms with van der Waals surface area (Å²) in [6.07, 6.45) is 5.17. The van der Waals surface area contributed by atoms with Crippen LogP contribution in [0.15, 0.2) is 0 Å². The Balaban J connectivity index is 2.38. The maximum atomic E-state index is 6.42. The molecule has 3 nitrogen and oxygen atoms in total. The fraction of sp³-hybridized carbons (Fsp3) is 0.812. The Hall–Kier alpha value is -0.990. The van der Waals surface area contributed by atoms with E-state index >= 15 is 0 Å². The van der Waals surface area contributed by atoms with Crippen molar-refractivity contribution in [3.63, 3.8) is 0 Å². The van der Waals surface area contributed by atoms with Crippen LogP contribution in [0.2, 0.25) is 0 Å². The molecule has 1 heterocycles. The lowest BCUT2D eigenvalue weighted by Gasteiger charge is -2.26. The van der Waals surface area contributed by atoms with Crippen LogP contribution >= 0.6 is 0 Å². The summed E-state index contributed by atoms with van der Waals surface area (Å²) in [7, 11) is 0. The summed E-state index contributed by atoms with van der Waals surface area (Å²) in [4.78, 5) is 4.93. The molecule has 1 fully saturated rings. The van der Waals surface area contributed by atoms with E-state index in [1.165, 1.54) is 31.4 Å². The Kier molecular flexibility index (Phi) is 4.22. The van der Waals surface area contributed by atoms with Crippen LogP contribution in [0.25, 0.3) is 0 Å². The first-order valence-corrected chi connectivity index (χ1v) is 7.79. The highest BCUT2D eigenvalue weighted by atomic mass is 15.2. The molecule has 2 unspecified atom stereocenters. The number of anilines is 1. The molecule has 0 spiro atoms. The van der Waals surface area contributed by atoms with Crippen LogP contribution in [-0.4, -0.2) is 9.55 Å². The second kappa shape index (κ2) is 5.56. The molecular formula is C16H29N3. The van der Waals surface area contributed by atoms with Gasteiger partial charge in [-0.1, -0.05) is 33.6 Å². The van der Waals surface area contributed by atoms with Crippen molar-refractivity contribution in [1.82, 2.24) is 9.55 Å². The van der Waals surface area contributed by atoms with Crippen LogP contribution in [0.3, 0.4) is 0 Å². The van der Waals surface area contributed by atoms with Crippen molar-refractivity contribution in [3.8, 4) is 0 Å².